The molecule has 472 valence electrons. The van der Waals surface area contributed by atoms with Gasteiger partial charge in [0.05, 0.1) is 0 Å². The van der Waals surface area contributed by atoms with Crippen molar-refractivity contribution in [3.63, 3.8) is 0 Å². The maximum atomic E-state index is 12.9. The quantitative estimate of drug-likeness (QED) is 0.0261. The largest absolute Gasteiger partial charge is 0.462 e. The smallest absolute Gasteiger partial charge is 0.306 e. The van der Waals surface area contributed by atoms with Crippen LogP contribution in [0.5, 0.6) is 0 Å². The predicted molar refractivity (Wildman–Crippen MR) is 362 cm³/mol. The summed E-state index contributed by atoms with van der Waals surface area (Å²) in [7, 11) is 0. The van der Waals surface area contributed by atoms with Gasteiger partial charge in [0, 0.05) is 19.3 Å². The van der Waals surface area contributed by atoms with Crippen LogP contribution in [0.25, 0.3) is 0 Å². The van der Waals surface area contributed by atoms with Gasteiger partial charge >= 0.3 is 17.9 Å². The van der Waals surface area contributed by atoms with E-state index in [1.54, 1.807) is 0 Å². The summed E-state index contributed by atoms with van der Waals surface area (Å²) in [5.41, 5.74) is 0. The van der Waals surface area contributed by atoms with E-state index in [2.05, 4.69) is 154 Å². The summed E-state index contributed by atoms with van der Waals surface area (Å²) in [6.07, 6.45) is 98.9. The maximum Gasteiger partial charge on any atom is 0.306 e. The fourth-order valence-corrected chi connectivity index (χ4v) is 9.49. The van der Waals surface area contributed by atoms with E-state index >= 15 is 0 Å². The molecule has 0 fully saturated rings. The minimum absolute atomic E-state index is 0.100. The molecule has 6 nitrogen and oxygen atoms in total. The van der Waals surface area contributed by atoms with Gasteiger partial charge < -0.3 is 14.2 Å². The normalized spacial score (nSPS) is 13.0. The summed E-state index contributed by atoms with van der Waals surface area (Å²) in [6.45, 7) is 6.40. The van der Waals surface area contributed by atoms with Gasteiger partial charge in [0.1, 0.15) is 13.2 Å². The van der Waals surface area contributed by atoms with Crippen LogP contribution in [0.15, 0.2) is 134 Å². The van der Waals surface area contributed by atoms with Crippen molar-refractivity contribution in [2.75, 3.05) is 13.2 Å². The third-order valence-electron chi connectivity index (χ3n) is 14.6. The van der Waals surface area contributed by atoms with E-state index in [0.29, 0.717) is 19.3 Å². The molecule has 0 aromatic carbocycles. The average molecular weight is 1150 g/mol. The third kappa shape index (κ3) is 68.2. The second kappa shape index (κ2) is 70.0. The summed E-state index contributed by atoms with van der Waals surface area (Å²) in [5.74, 6) is -0.943. The van der Waals surface area contributed by atoms with Crippen molar-refractivity contribution in [3.8, 4) is 0 Å². The number of esters is 3. The molecule has 0 aliphatic rings. The summed E-state index contributed by atoms with van der Waals surface area (Å²) < 4.78 is 17.0. The van der Waals surface area contributed by atoms with E-state index in [9.17, 15) is 14.4 Å². The number of hydrogen-bond donors (Lipinski definition) is 0. The molecule has 1 unspecified atom stereocenters. The first-order valence-electron chi connectivity index (χ1n) is 34.7. The van der Waals surface area contributed by atoms with Gasteiger partial charge in [-0.25, -0.2) is 0 Å². The molecular weight excluding hydrogens is 1020 g/mol. The van der Waals surface area contributed by atoms with Gasteiger partial charge in [0.15, 0.2) is 6.10 Å². The Labute approximate surface area is 513 Å². The zero-order valence-corrected chi connectivity index (χ0v) is 54.2. The Hall–Kier alpha value is -4.45. The Balaban J connectivity index is 4.47. The van der Waals surface area contributed by atoms with Crippen molar-refractivity contribution in [2.24, 2.45) is 0 Å². The van der Waals surface area contributed by atoms with Gasteiger partial charge in [-0.2, -0.15) is 0 Å². The zero-order chi connectivity index (χ0) is 59.9. The molecule has 0 N–H and O–H groups in total. The second-order valence-electron chi connectivity index (χ2n) is 22.7. The van der Waals surface area contributed by atoms with Gasteiger partial charge in [-0.15, -0.1) is 0 Å². The van der Waals surface area contributed by atoms with Crippen LogP contribution in [0.3, 0.4) is 0 Å². The number of hydrogen-bond acceptors (Lipinski definition) is 6. The van der Waals surface area contributed by atoms with Crippen LogP contribution >= 0.6 is 0 Å². The van der Waals surface area contributed by atoms with Crippen LogP contribution in [0, 0.1) is 0 Å². The highest BCUT2D eigenvalue weighted by molar-refractivity contribution is 5.71. The maximum absolute atomic E-state index is 12.9. The highest BCUT2D eigenvalue weighted by atomic mass is 16.6. The molecule has 0 heterocycles. The van der Waals surface area contributed by atoms with Crippen molar-refractivity contribution in [3.05, 3.63) is 134 Å². The molecule has 0 rings (SSSR count). The molecule has 0 radical (unpaired) electrons. The summed E-state index contributed by atoms with van der Waals surface area (Å²) in [4.78, 5) is 38.5. The standard InChI is InChI=1S/C77H128O6/c1-4-7-10-13-16-19-22-25-28-31-34-37-38-41-43-46-49-52-55-58-61-64-67-70-76(79)82-73-74(83-77(80)71-68-65-62-59-56-53-50-47-44-40-36-33-30-27-24-21-18-15-12-9-6-3)72-81-75(78)69-66-63-60-57-54-51-48-45-42-39-35-32-29-26-23-20-17-14-11-8-5-2/h7,9-10,12,16,18-19,21,25,27-28,30,32,34-37,40,47,50,56,59,74H,4-6,8,11,13-15,17,20,22-24,26,29,31,33,38-39,41-46,48-49,51-55,57-58,60-73H2,1-3H3/b10-7-,12-9-,19-16-,21-18-,28-25-,30-27-,35-32-,37-34-,40-36-,50-47-,59-56-. The molecule has 1 atom stereocenters. The van der Waals surface area contributed by atoms with E-state index < -0.39 is 6.10 Å². The molecule has 0 spiro atoms. The van der Waals surface area contributed by atoms with Crippen molar-refractivity contribution in [1.29, 1.82) is 0 Å². The Kier molecular flexibility index (Phi) is 66.3. The Morgan fingerprint density at radius 1 is 0.253 bits per heavy atom. The molecule has 0 saturated carbocycles. The molecule has 6 heteroatoms. The Morgan fingerprint density at radius 2 is 0.470 bits per heavy atom. The topological polar surface area (TPSA) is 78.9 Å². The summed E-state index contributed by atoms with van der Waals surface area (Å²) in [6, 6.07) is 0. The first-order chi connectivity index (χ1) is 41.0. The van der Waals surface area contributed by atoms with Crippen LogP contribution in [-0.4, -0.2) is 37.2 Å². The average Bonchev–Trinajstić information content (AvgIpc) is 3.49. The lowest BCUT2D eigenvalue weighted by molar-refractivity contribution is -0.167. The molecule has 0 aliphatic heterocycles. The molecule has 0 aromatic rings. The molecule has 83 heavy (non-hydrogen) atoms. The molecule has 0 saturated heterocycles. The molecule has 0 aliphatic carbocycles. The van der Waals surface area contributed by atoms with Gasteiger partial charge in [-0.3, -0.25) is 14.4 Å². The highest BCUT2D eigenvalue weighted by Crippen LogP contribution is 2.16. The van der Waals surface area contributed by atoms with Crippen molar-refractivity contribution in [2.45, 2.75) is 322 Å². The molecule has 0 amide bonds. The van der Waals surface area contributed by atoms with Gasteiger partial charge in [-0.1, -0.05) is 296 Å². The number of carbonyl (C=O) groups excluding carboxylic acids is 3. The second-order valence-corrected chi connectivity index (χ2v) is 22.7. The molecule has 0 bridgehead atoms. The predicted octanol–water partition coefficient (Wildman–Crippen LogP) is 24.1. The Morgan fingerprint density at radius 3 is 0.771 bits per heavy atom. The van der Waals surface area contributed by atoms with Gasteiger partial charge in [-0.05, 0) is 135 Å². The minimum atomic E-state index is -0.811. The lowest BCUT2D eigenvalue weighted by Crippen LogP contribution is -2.30. The van der Waals surface area contributed by atoms with Crippen LogP contribution in [0.1, 0.15) is 316 Å². The zero-order valence-electron chi connectivity index (χ0n) is 54.2. The van der Waals surface area contributed by atoms with Crippen molar-refractivity contribution >= 4 is 17.9 Å². The lowest BCUT2D eigenvalue weighted by atomic mass is 10.1. The SMILES string of the molecule is CC/C=C\C/C=C\C/C=C\C/C=C\C/C=C\C/C=C\CCCCC(=O)OC(COC(=O)CCCCCCCCCCC/C=C\CCCCCCCCCC)COC(=O)CCCCCCCCCCCC/C=C\C/C=C\C/C=C\C/C=C\CC. The van der Waals surface area contributed by atoms with Crippen LogP contribution in [0.2, 0.25) is 0 Å². The lowest BCUT2D eigenvalue weighted by Gasteiger charge is -2.18. The summed E-state index contributed by atoms with van der Waals surface area (Å²) >= 11 is 0. The summed E-state index contributed by atoms with van der Waals surface area (Å²) in [5, 5.41) is 0. The first kappa shape index (κ1) is 78.5. The molecular formula is C77H128O6. The van der Waals surface area contributed by atoms with Gasteiger partial charge in [0.25, 0.3) is 0 Å². The van der Waals surface area contributed by atoms with Crippen LogP contribution < -0.4 is 0 Å². The fraction of sp³-hybridized carbons (Fsp3) is 0.675. The van der Waals surface area contributed by atoms with Gasteiger partial charge in [0.2, 0.25) is 0 Å². The number of rotatable bonds is 62. The number of carbonyl (C=O) groups is 3. The van der Waals surface area contributed by atoms with Crippen LogP contribution in [0.4, 0.5) is 0 Å². The number of allylic oxidation sites excluding steroid dienone is 22. The van der Waals surface area contributed by atoms with E-state index in [4.69, 9.17) is 14.2 Å². The Bertz CT molecular complexity index is 1750. The number of ether oxygens (including phenoxy) is 3. The highest BCUT2D eigenvalue weighted by Gasteiger charge is 2.19. The monoisotopic (exact) mass is 1150 g/mol. The van der Waals surface area contributed by atoms with Crippen molar-refractivity contribution < 1.29 is 28.6 Å². The number of unbranched alkanes of at least 4 members (excludes halogenated alkanes) is 29. The van der Waals surface area contributed by atoms with E-state index in [1.165, 1.54) is 154 Å². The van der Waals surface area contributed by atoms with E-state index in [1.807, 2.05) is 0 Å². The van der Waals surface area contributed by atoms with Crippen LogP contribution in [-0.2, 0) is 28.6 Å². The first-order valence-corrected chi connectivity index (χ1v) is 34.7. The third-order valence-corrected chi connectivity index (χ3v) is 14.6. The molecule has 0 aromatic heterocycles. The van der Waals surface area contributed by atoms with E-state index in [0.717, 1.165) is 116 Å². The van der Waals surface area contributed by atoms with E-state index in [-0.39, 0.29) is 37.5 Å². The van der Waals surface area contributed by atoms with Crippen molar-refractivity contribution in [1.82, 2.24) is 0 Å². The fourth-order valence-electron chi connectivity index (χ4n) is 9.49. The minimum Gasteiger partial charge on any atom is -0.462 e.